The third kappa shape index (κ3) is 39.5. The van der Waals surface area contributed by atoms with Gasteiger partial charge in [-0.25, -0.2) is 0 Å². The second-order valence-corrected chi connectivity index (χ2v) is 15.1. The summed E-state index contributed by atoms with van der Waals surface area (Å²) >= 11 is 0. The summed E-state index contributed by atoms with van der Waals surface area (Å²) in [7, 11) is 0. The van der Waals surface area contributed by atoms with Gasteiger partial charge in [0.25, 0.3) is 0 Å². The first-order chi connectivity index (χ1) is 24.1. The summed E-state index contributed by atoms with van der Waals surface area (Å²) in [6, 6.07) is 0. The predicted molar refractivity (Wildman–Crippen MR) is 210 cm³/mol. The van der Waals surface area contributed by atoms with Crippen LogP contribution in [0.4, 0.5) is 0 Å². The van der Waals surface area contributed by atoms with Gasteiger partial charge >= 0.3 is 11.9 Å². The van der Waals surface area contributed by atoms with E-state index in [1.807, 2.05) is 0 Å². The fourth-order valence-electron chi connectivity index (χ4n) is 6.79. The molecule has 0 saturated heterocycles. The van der Waals surface area contributed by atoms with Crippen LogP contribution in [0.15, 0.2) is 0 Å². The fraction of sp³-hybridized carbons (Fsp3) is 0.955. The Bertz CT molecular complexity index is 666. The van der Waals surface area contributed by atoms with Gasteiger partial charge in [0, 0.05) is 12.8 Å². The Morgan fingerprint density at radius 2 is 0.633 bits per heavy atom. The van der Waals surface area contributed by atoms with E-state index < -0.39 is 6.10 Å². The lowest BCUT2D eigenvalue weighted by molar-refractivity contribution is -0.161. The van der Waals surface area contributed by atoms with Crippen molar-refractivity contribution in [2.75, 3.05) is 13.2 Å². The third-order valence-electron chi connectivity index (χ3n) is 10.2. The minimum atomic E-state index is -0.761. The van der Waals surface area contributed by atoms with Crippen LogP contribution in [0.5, 0.6) is 0 Å². The number of rotatable bonds is 41. The van der Waals surface area contributed by atoms with Gasteiger partial charge in [0.15, 0.2) is 6.10 Å². The van der Waals surface area contributed by atoms with E-state index >= 15 is 0 Å². The zero-order chi connectivity index (χ0) is 35.7. The highest BCUT2D eigenvalue weighted by molar-refractivity contribution is 5.70. The molecule has 1 atom stereocenters. The number of carbonyl (C=O) groups is 2. The Kier molecular flexibility index (Phi) is 40.4. The maximum absolute atomic E-state index is 12.2. The highest BCUT2D eigenvalue weighted by Crippen LogP contribution is 2.16. The molecule has 0 fully saturated rings. The van der Waals surface area contributed by atoms with E-state index in [0.29, 0.717) is 12.8 Å². The van der Waals surface area contributed by atoms with Crippen molar-refractivity contribution in [3.63, 3.8) is 0 Å². The maximum Gasteiger partial charge on any atom is 0.306 e. The molecule has 0 aliphatic carbocycles. The molecule has 49 heavy (non-hydrogen) atoms. The standard InChI is InChI=1S/C44H86O5/c1-3-5-7-9-11-13-15-17-18-19-20-21-22-23-24-25-27-28-30-32-34-36-38-43(46)48-41-42(40-45)49-44(47)39-37-35-33-31-29-26-16-14-12-10-8-6-4-2/h42,45H,3-41H2,1-2H3/t42-/m0/s1. The molecule has 0 rings (SSSR count). The monoisotopic (exact) mass is 695 g/mol. The van der Waals surface area contributed by atoms with Gasteiger partial charge in [0.2, 0.25) is 0 Å². The van der Waals surface area contributed by atoms with Crippen LogP contribution in [0.2, 0.25) is 0 Å². The van der Waals surface area contributed by atoms with Gasteiger partial charge in [-0.1, -0.05) is 226 Å². The molecule has 0 aromatic heterocycles. The van der Waals surface area contributed by atoms with Crippen LogP contribution in [0, 0.1) is 0 Å². The molecule has 5 heteroatoms. The molecule has 0 radical (unpaired) electrons. The van der Waals surface area contributed by atoms with E-state index in [1.165, 1.54) is 193 Å². The molecule has 1 N–H and O–H groups in total. The Balaban J connectivity index is 3.43. The Hall–Kier alpha value is -1.10. The van der Waals surface area contributed by atoms with Crippen molar-refractivity contribution in [1.29, 1.82) is 0 Å². The summed E-state index contributed by atoms with van der Waals surface area (Å²) in [6.45, 7) is 4.17. The van der Waals surface area contributed by atoms with E-state index in [1.54, 1.807) is 0 Å². The van der Waals surface area contributed by atoms with Gasteiger partial charge < -0.3 is 14.6 Å². The highest BCUT2D eigenvalue weighted by Gasteiger charge is 2.16. The van der Waals surface area contributed by atoms with Crippen molar-refractivity contribution in [2.24, 2.45) is 0 Å². The van der Waals surface area contributed by atoms with E-state index in [0.717, 1.165) is 32.1 Å². The third-order valence-corrected chi connectivity index (χ3v) is 10.2. The molecule has 5 nitrogen and oxygen atoms in total. The first-order valence-corrected chi connectivity index (χ1v) is 22.1. The maximum atomic E-state index is 12.2. The quantitative estimate of drug-likeness (QED) is 0.0509. The number of hydrogen-bond donors (Lipinski definition) is 1. The van der Waals surface area contributed by atoms with E-state index in [9.17, 15) is 14.7 Å². The van der Waals surface area contributed by atoms with Crippen molar-refractivity contribution in [3.8, 4) is 0 Å². The van der Waals surface area contributed by atoms with Gasteiger partial charge in [-0.2, -0.15) is 0 Å². The molecule has 0 unspecified atom stereocenters. The smallest absolute Gasteiger partial charge is 0.306 e. The molecule has 0 aromatic carbocycles. The summed E-state index contributed by atoms with van der Waals surface area (Å²) in [5, 5.41) is 9.56. The van der Waals surface area contributed by atoms with Crippen molar-refractivity contribution in [3.05, 3.63) is 0 Å². The summed E-state index contributed by atoms with van der Waals surface area (Å²) in [4.78, 5) is 24.3. The molecule has 0 amide bonds. The van der Waals surface area contributed by atoms with Gasteiger partial charge in [0.05, 0.1) is 6.61 Å². The van der Waals surface area contributed by atoms with E-state index in [4.69, 9.17) is 9.47 Å². The lowest BCUT2D eigenvalue weighted by Crippen LogP contribution is -2.28. The van der Waals surface area contributed by atoms with Crippen molar-refractivity contribution < 1.29 is 24.2 Å². The van der Waals surface area contributed by atoms with Gasteiger partial charge in [-0.05, 0) is 12.8 Å². The molecular weight excluding hydrogens is 608 g/mol. The Labute approximate surface area is 306 Å². The summed E-state index contributed by atoms with van der Waals surface area (Å²) in [5.41, 5.74) is 0. The first-order valence-electron chi connectivity index (χ1n) is 22.1. The molecule has 0 aliphatic rings. The summed E-state index contributed by atoms with van der Waals surface area (Å²) in [5.74, 6) is -0.572. The normalized spacial score (nSPS) is 12.0. The molecule has 0 spiro atoms. The topological polar surface area (TPSA) is 72.8 Å². The number of hydrogen-bond acceptors (Lipinski definition) is 5. The average molecular weight is 695 g/mol. The lowest BCUT2D eigenvalue weighted by Gasteiger charge is -2.15. The highest BCUT2D eigenvalue weighted by atomic mass is 16.6. The molecule has 292 valence electrons. The second-order valence-electron chi connectivity index (χ2n) is 15.1. The number of aliphatic hydroxyl groups is 1. The van der Waals surface area contributed by atoms with Crippen LogP contribution in [-0.4, -0.2) is 36.4 Å². The molecule has 0 heterocycles. The minimum absolute atomic E-state index is 0.0566. The van der Waals surface area contributed by atoms with Crippen LogP contribution in [0.1, 0.15) is 251 Å². The molecular formula is C44H86O5. The molecule has 0 aromatic rings. The van der Waals surface area contributed by atoms with Crippen molar-refractivity contribution in [1.82, 2.24) is 0 Å². The minimum Gasteiger partial charge on any atom is -0.462 e. The number of unbranched alkanes of at least 4 members (excludes halogenated alkanes) is 33. The largest absolute Gasteiger partial charge is 0.462 e. The summed E-state index contributed by atoms with van der Waals surface area (Å²) in [6.07, 6.45) is 46.1. The Morgan fingerprint density at radius 1 is 0.388 bits per heavy atom. The van der Waals surface area contributed by atoms with E-state index in [2.05, 4.69) is 13.8 Å². The second kappa shape index (κ2) is 41.3. The van der Waals surface area contributed by atoms with Gasteiger partial charge in [0.1, 0.15) is 6.61 Å². The molecule has 0 saturated carbocycles. The zero-order valence-corrected chi connectivity index (χ0v) is 33.2. The summed E-state index contributed by atoms with van der Waals surface area (Å²) < 4.78 is 10.6. The van der Waals surface area contributed by atoms with Crippen LogP contribution in [0.25, 0.3) is 0 Å². The average Bonchev–Trinajstić information content (AvgIpc) is 3.10. The number of aliphatic hydroxyl groups excluding tert-OH is 1. The molecule has 0 bridgehead atoms. The molecule has 0 aliphatic heterocycles. The fourth-order valence-corrected chi connectivity index (χ4v) is 6.79. The van der Waals surface area contributed by atoms with E-state index in [-0.39, 0.29) is 25.2 Å². The number of esters is 2. The number of ether oxygens (including phenoxy) is 2. The van der Waals surface area contributed by atoms with Crippen LogP contribution in [-0.2, 0) is 19.1 Å². The predicted octanol–water partition coefficient (Wildman–Crippen LogP) is 13.9. The van der Waals surface area contributed by atoms with Crippen LogP contribution in [0.3, 0.4) is 0 Å². The van der Waals surface area contributed by atoms with Crippen LogP contribution < -0.4 is 0 Å². The van der Waals surface area contributed by atoms with Gasteiger partial charge in [-0.3, -0.25) is 9.59 Å². The van der Waals surface area contributed by atoms with Crippen molar-refractivity contribution >= 4 is 11.9 Å². The first kappa shape index (κ1) is 47.9. The number of carbonyl (C=O) groups excluding carboxylic acids is 2. The Morgan fingerprint density at radius 3 is 0.898 bits per heavy atom. The lowest BCUT2D eigenvalue weighted by atomic mass is 10.0. The zero-order valence-electron chi connectivity index (χ0n) is 33.2. The van der Waals surface area contributed by atoms with Crippen molar-refractivity contribution in [2.45, 2.75) is 258 Å². The van der Waals surface area contributed by atoms with Gasteiger partial charge in [-0.15, -0.1) is 0 Å². The SMILES string of the molecule is CCCCCCCCCCCCCCCCCCCCCCCCC(=O)OC[C@H](CO)OC(=O)CCCCCCCCCCCCCCC. The van der Waals surface area contributed by atoms with Crippen LogP contribution >= 0.6 is 0 Å².